The summed E-state index contributed by atoms with van der Waals surface area (Å²) in [7, 11) is -3.46. The number of carbonyl (C=O) groups is 1. The van der Waals surface area contributed by atoms with Crippen LogP contribution in [-0.2, 0) is 10.0 Å². The Balaban J connectivity index is 1.73. The first-order chi connectivity index (χ1) is 11.8. The molecule has 0 atom stereocenters. The molecule has 3 aromatic rings. The van der Waals surface area contributed by atoms with Crippen molar-refractivity contribution in [2.45, 2.75) is 0 Å². The summed E-state index contributed by atoms with van der Waals surface area (Å²) >= 11 is 2.03. The van der Waals surface area contributed by atoms with Gasteiger partial charge in [0, 0.05) is 10.4 Å². The summed E-state index contributed by atoms with van der Waals surface area (Å²) in [6, 6.07) is 9.54. The Morgan fingerprint density at radius 2 is 1.80 bits per heavy atom. The van der Waals surface area contributed by atoms with Crippen LogP contribution in [0.1, 0.15) is 9.67 Å². The highest BCUT2D eigenvalue weighted by Gasteiger charge is 2.15. The van der Waals surface area contributed by atoms with Crippen molar-refractivity contribution in [1.82, 2.24) is 10.2 Å². The van der Waals surface area contributed by atoms with E-state index in [1.165, 1.54) is 6.07 Å². The molecule has 0 saturated heterocycles. The molecule has 1 amide bonds. The van der Waals surface area contributed by atoms with Crippen molar-refractivity contribution >= 4 is 48.9 Å². The Labute approximate surface area is 150 Å². The van der Waals surface area contributed by atoms with Crippen LogP contribution in [-0.4, -0.2) is 30.8 Å². The minimum absolute atomic E-state index is 0.0519. The minimum Gasteiger partial charge on any atom is -0.296 e. The lowest BCUT2D eigenvalue weighted by Gasteiger charge is -1.99. The maximum absolute atomic E-state index is 13.8. The van der Waals surface area contributed by atoms with E-state index < -0.39 is 15.9 Å². The first-order valence-corrected chi connectivity index (χ1v) is 10.3. The fourth-order valence-electron chi connectivity index (χ4n) is 1.90. The number of carbonyl (C=O) groups excluding carboxylic acids is 1. The highest BCUT2D eigenvalue weighted by Crippen LogP contribution is 2.30. The van der Waals surface area contributed by atoms with Crippen LogP contribution in [0.4, 0.5) is 14.7 Å². The summed E-state index contributed by atoms with van der Waals surface area (Å²) in [6.07, 6.45) is 0.989. The van der Waals surface area contributed by atoms with Crippen LogP contribution in [0.5, 0.6) is 0 Å². The molecule has 25 heavy (non-hydrogen) atoms. The molecule has 0 saturated carbocycles. The lowest BCUT2D eigenvalue weighted by molar-refractivity contribution is 0.103. The second-order valence-corrected chi connectivity index (χ2v) is 8.69. The zero-order chi connectivity index (χ0) is 18.0. The molecule has 0 radical (unpaired) electrons. The number of sulfonamides is 1. The van der Waals surface area contributed by atoms with Crippen LogP contribution in [0, 0.1) is 5.82 Å². The summed E-state index contributed by atoms with van der Waals surface area (Å²) in [4.78, 5) is 13.2. The van der Waals surface area contributed by atoms with Crippen molar-refractivity contribution in [3.8, 4) is 10.4 Å². The standard InChI is InChI=1S/C14H11FN4O3S3/c1-25(21,22)19-14-18-17-13(24-14)16-12(20)11-7-6-10(23-11)8-4-2-3-5-9(8)15/h2-7H,1H3,(H,18,19)(H,16,17,20). The maximum atomic E-state index is 13.8. The zero-order valence-corrected chi connectivity index (χ0v) is 15.1. The SMILES string of the molecule is CS(=O)(=O)Nc1nnc(NC(=O)c2ccc(-c3ccccc3F)s2)s1. The molecule has 0 aliphatic heterocycles. The lowest BCUT2D eigenvalue weighted by atomic mass is 10.2. The number of thiophene rings is 1. The number of anilines is 2. The maximum Gasteiger partial charge on any atom is 0.267 e. The fourth-order valence-corrected chi connectivity index (χ4v) is 4.30. The highest BCUT2D eigenvalue weighted by molar-refractivity contribution is 7.92. The number of rotatable bonds is 5. The fraction of sp³-hybridized carbons (Fsp3) is 0.0714. The van der Waals surface area contributed by atoms with E-state index in [1.807, 2.05) is 0 Å². The van der Waals surface area contributed by atoms with E-state index >= 15 is 0 Å². The van der Waals surface area contributed by atoms with Gasteiger partial charge in [0.05, 0.1) is 11.1 Å². The number of nitrogens with one attached hydrogen (secondary N) is 2. The number of hydrogen-bond acceptors (Lipinski definition) is 7. The first kappa shape index (κ1) is 17.5. The van der Waals surface area contributed by atoms with E-state index in [4.69, 9.17) is 0 Å². The van der Waals surface area contributed by atoms with E-state index in [9.17, 15) is 17.6 Å². The van der Waals surface area contributed by atoms with Crippen LogP contribution in [0.25, 0.3) is 10.4 Å². The molecule has 0 fully saturated rings. The predicted octanol–water partition coefficient (Wildman–Crippen LogP) is 3.03. The summed E-state index contributed by atoms with van der Waals surface area (Å²) < 4.78 is 38.2. The van der Waals surface area contributed by atoms with Crippen molar-refractivity contribution in [3.05, 3.63) is 47.1 Å². The molecule has 2 heterocycles. The molecule has 0 aliphatic rings. The average molecular weight is 398 g/mol. The van der Waals surface area contributed by atoms with Gasteiger partial charge in [-0.3, -0.25) is 14.8 Å². The molecule has 0 bridgehead atoms. The second-order valence-electron chi connectivity index (χ2n) is 4.88. The molecule has 0 spiro atoms. The van der Waals surface area contributed by atoms with Gasteiger partial charge in [-0.2, -0.15) is 0 Å². The lowest BCUT2D eigenvalue weighted by Crippen LogP contribution is -2.09. The van der Waals surface area contributed by atoms with E-state index in [0.717, 1.165) is 28.9 Å². The summed E-state index contributed by atoms with van der Waals surface area (Å²) in [5.41, 5.74) is 0.419. The van der Waals surface area contributed by atoms with E-state index in [2.05, 4.69) is 20.2 Å². The first-order valence-electron chi connectivity index (χ1n) is 6.79. The van der Waals surface area contributed by atoms with Crippen molar-refractivity contribution in [2.24, 2.45) is 0 Å². The Hall–Kier alpha value is -2.37. The van der Waals surface area contributed by atoms with E-state index in [0.29, 0.717) is 15.3 Å². The largest absolute Gasteiger partial charge is 0.296 e. The molecule has 7 nitrogen and oxygen atoms in total. The van der Waals surface area contributed by atoms with Crippen LogP contribution >= 0.6 is 22.7 Å². The average Bonchev–Trinajstić information content (AvgIpc) is 3.16. The molecule has 2 aromatic heterocycles. The monoisotopic (exact) mass is 398 g/mol. The second kappa shape index (κ2) is 6.86. The van der Waals surface area contributed by atoms with Crippen molar-refractivity contribution < 1.29 is 17.6 Å². The number of amides is 1. The summed E-state index contributed by atoms with van der Waals surface area (Å²) in [6.45, 7) is 0. The van der Waals surface area contributed by atoms with Gasteiger partial charge in [0.25, 0.3) is 5.91 Å². The van der Waals surface area contributed by atoms with Crippen LogP contribution in [0.3, 0.4) is 0 Å². The van der Waals surface area contributed by atoms with Crippen molar-refractivity contribution in [1.29, 1.82) is 0 Å². The number of benzene rings is 1. The van der Waals surface area contributed by atoms with Gasteiger partial charge in [0.2, 0.25) is 20.3 Å². The van der Waals surface area contributed by atoms with Gasteiger partial charge in [-0.25, -0.2) is 12.8 Å². The van der Waals surface area contributed by atoms with Gasteiger partial charge >= 0.3 is 0 Å². The topological polar surface area (TPSA) is 101 Å². The molecule has 11 heteroatoms. The summed E-state index contributed by atoms with van der Waals surface area (Å²) in [5, 5.41) is 10.1. The van der Waals surface area contributed by atoms with Crippen LogP contribution in [0.15, 0.2) is 36.4 Å². The van der Waals surface area contributed by atoms with Gasteiger partial charge < -0.3 is 0 Å². The number of halogens is 1. The van der Waals surface area contributed by atoms with Crippen LogP contribution < -0.4 is 10.0 Å². The number of nitrogens with zero attached hydrogens (tertiary/aromatic N) is 2. The molecular formula is C14H11FN4O3S3. The molecule has 3 rings (SSSR count). The van der Waals surface area contributed by atoms with E-state index in [1.54, 1.807) is 30.3 Å². The highest BCUT2D eigenvalue weighted by atomic mass is 32.2. The van der Waals surface area contributed by atoms with Gasteiger partial charge in [0.1, 0.15) is 5.82 Å². The molecule has 130 valence electrons. The Morgan fingerprint density at radius 3 is 2.52 bits per heavy atom. The number of hydrogen-bond donors (Lipinski definition) is 2. The molecule has 1 aromatic carbocycles. The van der Waals surface area contributed by atoms with Gasteiger partial charge in [-0.05, 0) is 18.2 Å². The molecule has 0 unspecified atom stereocenters. The molecule has 0 aliphatic carbocycles. The minimum atomic E-state index is -3.46. The van der Waals surface area contributed by atoms with Crippen LogP contribution in [0.2, 0.25) is 0 Å². The normalized spacial score (nSPS) is 11.3. The Morgan fingerprint density at radius 1 is 1.08 bits per heavy atom. The van der Waals surface area contributed by atoms with Gasteiger partial charge in [0.15, 0.2) is 0 Å². The molecule has 2 N–H and O–H groups in total. The third-order valence-corrected chi connectivity index (χ3v) is 5.45. The zero-order valence-electron chi connectivity index (χ0n) is 12.7. The smallest absolute Gasteiger partial charge is 0.267 e. The van der Waals surface area contributed by atoms with Crippen molar-refractivity contribution in [2.75, 3.05) is 16.3 Å². The summed E-state index contributed by atoms with van der Waals surface area (Å²) in [5.74, 6) is -0.799. The van der Waals surface area contributed by atoms with E-state index in [-0.39, 0.29) is 16.1 Å². The molecular weight excluding hydrogens is 387 g/mol. The quantitative estimate of drug-likeness (QED) is 0.688. The van der Waals surface area contributed by atoms with Gasteiger partial charge in [-0.1, -0.05) is 29.5 Å². The third kappa shape index (κ3) is 4.38. The third-order valence-electron chi connectivity index (χ3n) is 2.89. The Bertz CT molecular complexity index is 1030. The Kier molecular flexibility index (Phi) is 4.79. The predicted molar refractivity (Wildman–Crippen MR) is 96.0 cm³/mol. The van der Waals surface area contributed by atoms with Crippen molar-refractivity contribution in [3.63, 3.8) is 0 Å². The number of aromatic nitrogens is 2. The van der Waals surface area contributed by atoms with Gasteiger partial charge in [-0.15, -0.1) is 21.5 Å².